The third kappa shape index (κ3) is 6.01. The van der Waals surface area contributed by atoms with Crippen molar-refractivity contribution in [3.63, 3.8) is 0 Å². The second-order valence-electron chi connectivity index (χ2n) is 7.08. The maximum Gasteiger partial charge on any atom is 0.308 e. The Morgan fingerprint density at radius 1 is 1.38 bits per heavy atom. The number of hydrogen-bond acceptors (Lipinski definition) is 3. The molecule has 0 spiro atoms. The van der Waals surface area contributed by atoms with Gasteiger partial charge in [-0.1, -0.05) is 37.6 Å². The summed E-state index contributed by atoms with van der Waals surface area (Å²) in [4.78, 5) is 18.3. The summed E-state index contributed by atoms with van der Waals surface area (Å²) < 4.78 is 4.85. The van der Waals surface area contributed by atoms with Gasteiger partial charge in [0, 0.05) is 37.1 Å². The molecule has 1 aromatic rings. The first kappa shape index (κ1) is 23.0. The number of hydrogen-bond donors (Lipinski definition) is 1. The van der Waals surface area contributed by atoms with Crippen LogP contribution in [0.4, 0.5) is 0 Å². The van der Waals surface area contributed by atoms with Gasteiger partial charge in [-0.3, -0.25) is 9.79 Å². The van der Waals surface area contributed by atoms with Gasteiger partial charge in [0.1, 0.15) is 0 Å². The van der Waals surface area contributed by atoms with Gasteiger partial charge < -0.3 is 15.0 Å². The number of piperidine rings is 1. The zero-order valence-electron chi connectivity index (χ0n) is 15.9. The summed E-state index contributed by atoms with van der Waals surface area (Å²) in [5, 5.41) is 4.22. The first-order chi connectivity index (χ1) is 11.9. The fourth-order valence-corrected chi connectivity index (χ4v) is 3.33. The number of guanidine groups is 1. The standard InChI is InChI=1S/C19H28ClN3O2.HI/c1-19(2,15-6-5-7-16(20)12-15)13-22-18(21-3)23-10-8-14(9-11-23)17(24)25-4;/h5-7,12,14H,8-11,13H2,1-4H3,(H,21,22);1H. The Bertz CT molecular complexity index is 629. The normalized spacial score (nSPS) is 16.0. The molecular formula is C19H29ClIN3O2. The molecule has 0 bridgehead atoms. The number of aliphatic imine (C=N–C) groups is 1. The molecular weight excluding hydrogens is 465 g/mol. The molecule has 5 nitrogen and oxygen atoms in total. The van der Waals surface area contributed by atoms with Gasteiger partial charge in [0.15, 0.2) is 5.96 Å². The van der Waals surface area contributed by atoms with Gasteiger partial charge in [0.2, 0.25) is 0 Å². The van der Waals surface area contributed by atoms with Crippen LogP contribution in [0.5, 0.6) is 0 Å². The minimum atomic E-state index is -0.107. The summed E-state index contributed by atoms with van der Waals surface area (Å²) in [6, 6.07) is 7.97. The predicted molar refractivity (Wildman–Crippen MR) is 118 cm³/mol. The lowest BCUT2D eigenvalue weighted by molar-refractivity contribution is -0.146. The topological polar surface area (TPSA) is 53.9 Å². The van der Waals surface area contributed by atoms with Crippen LogP contribution in [-0.4, -0.2) is 50.6 Å². The maximum absolute atomic E-state index is 11.7. The van der Waals surface area contributed by atoms with E-state index in [1.54, 1.807) is 7.05 Å². The van der Waals surface area contributed by atoms with E-state index in [0.717, 1.165) is 43.5 Å². The number of esters is 1. The number of ether oxygens (including phenoxy) is 1. The summed E-state index contributed by atoms with van der Waals surface area (Å²) in [6.45, 7) is 6.72. The fourth-order valence-electron chi connectivity index (χ4n) is 3.14. The summed E-state index contributed by atoms with van der Waals surface area (Å²) in [6.07, 6.45) is 1.59. The van der Waals surface area contributed by atoms with Crippen LogP contribution in [0.15, 0.2) is 29.3 Å². The monoisotopic (exact) mass is 493 g/mol. The number of benzene rings is 1. The lowest BCUT2D eigenvalue weighted by Gasteiger charge is -2.35. The molecule has 0 aromatic heterocycles. The summed E-state index contributed by atoms with van der Waals surface area (Å²) in [5.74, 6) is 0.769. The Kier molecular flexibility index (Phi) is 9.16. The second kappa shape index (κ2) is 10.3. The van der Waals surface area contributed by atoms with Crippen molar-refractivity contribution in [2.45, 2.75) is 32.1 Å². The molecule has 0 aliphatic carbocycles. The molecule has 1 aliphatic rings. The Morgan fingerprint density at radius 3 is 2.58 bits per heavy atom. The van der Waals surface area contributed by atoms with Crippen molar-refractivity contribution in [2.75, 3.05) is 33.8 Å². The van der Waals surface area contributed by atoms with Crippen molar-refractivity contribution in [3.8, 4) is 0 Å². The third-order valence-electron chi connectivity index (χ3n) is 4.84. The van der Waals surface area contributed by atoms with E-state index in [2.05, 4.69) is 35.1 Å². The van der Waals surface area contributed by atoms with Crippen LogP contribution in [0, 0.1) is 5.92 Å². The highest BCUT2D eigenvalue weighted by Crippen LogP contribution is 2.25. The minimum absolute atomic E-state index is 0. The number of likely N-dealkylation sites (tertiary alicyclic amines) is 1. The molecule has 1 N–H and O–H groups in total. The number of nitrogens with one attached hydrogen (secondary N) is 1. The van der Waals surface area contributed by atoms with Crippen molar-refractivity contribution in [3.05, 3.63) is 34.9 Å². The van der Waals surface area contributed by atoms with Crippen LogP contribution >= 0.6 is 35.6 Å². The third-order valence-corrected chi connectivity index (χ3v) is 5.07. The van der Waals surface area contributed by atoms with Crippen molar-refractivity contribution in [1.82, 2.24) is 10.2 Å². The molecule has 1 heterocycles. The summed E-state index contributed by atoms with van der Waals surface area (Å²) in [5.41, 5.74) is 1.11. The quantitative estimate of drug-likeness (QED) is 0.301. The van der Waals surface area contributed by atoms with Crippen LogP contribution in [-0.2, 0) is 14.9 Å². The van der Waals surface area contributed by atoms with Gasteiger partial charge in [-0.2, -0.15) is 0 Å². The SMILES string of the molecule is CN=C(NCC(C)(C)c1cccc(Cl)c1)N1CCC(C(=O)OC)CC1.I. The minimum Gasteiger partial charge on any atom is -0.469 e. The number of carbonyl (C=O) groups is 1. The highest BCUT2D eigenvalue weighted by molar-refractivity contribution is 14.0. The highest BCUT2D eigenvalue weighted by Gasteiger charge is 2.28. The van der Waals surface area contributed by atoms with Gasteiger partial charge >= 0.3 is 5.97 Å². The Hall–Kier alpha value is -1.02. The zero-order valence-corrected chi connectivity index (χ0v) is 19.0. The fraction of sp³-hybridized carbons (Fsp3) is 0.579. The number of carbonyl (C=O) groups excluding carboxylic acids is 1. The number of nitrogens with zero attached hydrogens (tertiary/aromatic N) is 2. The van der Waals surface area contributed by atoms with Gasteiger partial charge in [-0.15, -0.1) is 24.0 Å². The summed E-state index contributed by atoms with van der Waals surface area (Å²) >= 11 is 6.12. The number of halogens is 2. The first-order valence-corrected chi connectivity index (χ1v) is 9.04. The van der Waals surface area contributed by atoms with E-state index in [9.17, 15) is 4.79 Å². The lowest BCUT2D eigenvalue weighted by Crippen LogP contribution is -2.49. The van der Waals surface area contributed by atoms with Crippen LogP contribution in [0.1, 0.15) is 32.3 Å². The molecule has 26 heavy (non-hydrogen) atoms. The Morgan fingerprint density at radius 2 is 2.04 bits per heavy atom. The largest absolute Gasteiger partial charge is 0.469 e. The van der Waals surface area contributed by atoms with Crippen molar-refractivity contribution in [2.24, 2.45) is 10.9 Å². The molecule has 2 rings (SSSR count). The molecule has 0 saturated carbocycles. The van der Waals surface area contributed by atoms with Gasteiger partial charge in [-0.25, -0.2) is 0 Å². The van der Waals surface area contributed by atoms with Gasteiger partial charge in [0.25, 0.3) is 0 Å². The smallest absolute Gasteiger partial charge is 0.308 e. The second-order valence-corrected chi connectivity index (χ2v) is 7.52. The number of rotatable bonds is 4. The molecule has 1 fully saturated rings. The molecule has 7 heteroatoms. The first-order valence-electron chi connectivity index (χ1n) is 8.67. The predicted octanol–water partition coefficient (Wildman–Crippen LogP) is 3.70. The van der Waals surface area contributed by atoms with Crippen molar-refractivity contribution < 1.29 is 9.53 Å². The Labute approximate surface area is 178 Å². The van der Waals surface area contributed by atoms with Crippen LogP contribution < -0.4 is 5.32 Å². The molecule has 1 aromatic carbocycles. The Balaban J connectivity index is 0.00000338. The van der Waals surface area contributed by atoms with E-state index in [4.69, 9.17) is 16.3 Å². The van der Waals surface area contributed by atoms with E-state index in [1.807, 2.05) is 18.2 Å². The van der Waals surface area contributed by atoms with Crippen LogP contribution in [0.25, 0.3) is 0 Å². The molecule has 146 valence electrons. The summed E-state index contributed by atoms with van der Waals surface area (Å²) in [7, 11) is 3.24. The number of methoxy groups -OCH3 is 1. The highest BCUT2D eigenvalue weighted by atomic mass is 127. The van der Waals surface area contributed by atoms with Crippen molar-refractivity contribution in [1.29, 1.82) is 0 Å². The average molecular weight is 494 g/mol. The lowest BCUT2D eigenvalue weighted by atomic mass is 9.84. The van der Waals surface area contributed by atoms with Crippen LogP contribution in [0.2, 0.25) is 5.02 Å². The zero-order chi connectivity index (χ0) is 18.4. The van der Waals surface area contributed by atoms with Crippen molar-refractivity contribution >= 4 is 47.5 Å². The molecule has 0 radical (unpaired) electrons. The molecule has 0 amide bonds. The van der Waals surface area contributed by atoms with E-state index in [0.29, 0.717) is 0 Å². The molecule has 0 unspecified atom stereocenters. The van der Waals surface area contributed by atoms with E-state index in [1.165, 1.54) is 12.7 Å². The van der Waals surface area contributed by atoms with Crippen LogP contribution in [0.3, 0.4) is 0 Å². The van der Waals surface area contributed by atoms with E-state index in [-0.39, 0.29) is 41.3 Å². The van der Waals surface area contributed by atoms with E-state index >= 15 is 0 Å². The van der Waals surface area contributed by atoms with Gasteiger partial charge in [-0.05, 0) is 30.5 Å². The van der Waals surface area contributed by atoms with Gasteiger partial charge in [0.05, 0.1) is 13.0 Å². The molecule has 1 aliphatic heterocycles. The molecule has 0 atom stereocenters. The average Bonchev–Trinajstić information content (AvgIpc) is 2.62. The van der Waals surface area contributed by atoms with E-state index < -0.39 is 0 Å². The maximum atomic E-state index is 11.7. The molecule has 1 saturated heterocycles.